The third kappa shape index (κ3) is 3.46. The van der Waals surface area contributed by atoms with E-state index in [1.807, 2.05) is 13.0 Å². The Bertz CT molecular complexity index is 472. The molecule has 0 aliphatic carbocycles. The van der Waals surface area contributed by atoms with Crippen molar-refractivity contribution in [1.29, 1.82) is 0 Å². The maximum Gasteiger partial charge on any atom is 0.256 e. The summed E-state index contributed by atoms with van der Waals surface area (Å²) in [5.74, 6) is 0.389. The minimum Gasteiger partial charge on any atom is -0.495 e. The molecule has 6 heteroatoms. The van der Waals surface area contributed by atoms with Gasteiger partial charge in [0.2, 0.25) is 0 Å². The molecule has 1 fully saturated rings. The van der Waals surface area contributed by atoms with Gasteiger partial charge in [-0.05, 0) is 24.6 Å². The van der Waals surface area contributed by atoms with Gasteiger partial charge in [-0.25, -0.2) is 0 Å². The lowest BCUT2D eigenvalue weighted by molar-refractivity contribution is -0.142. The van der Waals surface area contributed by atoms with Gasteiger partial charge in [-0.3, -0.25) is 4.79 Å². The number of carbonyl (C=O) groups excluding carboxylic acids is 1. The van der Waals surface area contributed by atoms with Crippen molar-refractivity contribution in [2.24, 2.45) is 0 Å². The Hall–Kier alpha value is -1.11. The lowest BCUT2D eigenvalue weighted by Crippen LogP contribution is -2.39. The van der Waals surface area contributed by atoms with E-state index in [9.17, 15) is 4.79 Å². The Morgan fingerprint density at radius 2 is 2.26 bits per heavy atom. The van der Waals surface area contributed by atoms with E-state index in [2.05, 4.69) is 21.2 Å². The predicted molar refractivity (Wildman–Crippen MR) is 74.6 cm³/mol. The Balaban J connectivity index is 2.15. The number of amides is 1. The zero-order chi connectivity index (χ0) is 13.8. The minimum atomic E-state index is -0.568. The molecular weight excluding hydrogens is 314 g/mol. The second-order valence-electron chi connectivity index (χ2n) is 4.22. The predicted octanol–water partition coefficient (Wildman–Crippen LogP) is 2.12. The van der Waals surface area contributed by atoms with Crippen molar-refractivity contribution in [1.82, 2.24) is 0 Å². The van der Waals surface area contributed by atoms with Crippen molar-refractivity contribution in [3.05, 3.63) is 22.2 Å². The molecule has 1 amide bonds. The van der Waals surface area contributed by atoms with Crippen LogP contribution in [0.1, 0.15) is 5.56 Å². The first-order chi connectivity index (χ1) is 9.11. The third-order valence-corrected chi connectivity index (χ3v) is 3.30. The largest absolute Gasteiger partial charge is 0.495 e. The highest BCUT2D eigenvalue weighted by molar-refractivity contribution is 9.10. The van der Waals surface area contributed by atoms with Gasteiger partial charge in [0.05, 0.1) is 32.6 Å². The van der Waals surface area contributed by atoms with Gasteiger partial charge in [0, 0.05) is 4.47 Å². The maximum atomic E-state index is 12.1. The minimum absolute atomic E-state index is 0.219. The van der Waals surface area contributed by atoms with E-state index >= 15 is 0 Å². The highest BCUT2D eigenvalue weighted by atomic mass is 79.9. The molecule has 1 aliphatic rings. The number of methoxy groups -OCH3 is 1. The molecule has 5 nitrogen and oxygen atoms in total. The van der Waals surface area contributed by atoms with E-state index in [0.29, 0.717) is 24.7 Å². The maximum absolute atomic E-state index is 12.1. The highest BCUT2D eigenvalue weighted by Gasteiger charge is 2.24. The van der Waals surface area contributed by atoms with Crippen LogP contribution >= 0.6 is 15.9 Å². The standard InChI is InChI=1S/C13H16BrNO4/c1-8-5-9(14)6-10(17-2)12(8)15-13(16)11-7-18-3-4-19-11/h5-6,11H,3-4,7H2,1-2H3,(H,15,16). The molecular formula is C13H16BrNO4. The Morgan fingerprint density at radius 1 is 1.47 bits per heavy atom. The number of ether oxygens (including phenoxy) is 3. The van der Waals surface area contributed by atoms with Crippen LogP contribution in [0.25, 0.3) is 0 Å². The fourth-order valence-electron chi connectivity index (χ4n) is 1.88. The second-order valence-corrected chi connectivity index (χ2v) is 5.14. The van der Waals surface area contributed by atoms with Gasteiger partial charge >= 0.3 is 0 Å². The molecule has 0 bridgehead atoms. The highest BCUT2D eigenvalue weighted by Crippen LogP contribution is 2.32. The van der Waals surface area contributed by atoms with Crippen molar-refractivity contribution in [2.45, 2.75) is 13.0 Å². The van der Waals surface area contributed by atoms with Crippen LogP contribution in [0.4, 0.5) is 5.69 Å². The average Bonchev–Trinajstić information content (AvgIpc) is 2.42. The summed E-state index contributed by atoms with van der Waals surface area (Å²) in [4.78, 5) is 12.1. The Labute approximate surface area is 120 Å². The lowest BCUT2D eigenvalue weighted by Gasteiger charge is -2.23. The van der Waals surface area contributed by atoms with Crippen LogP contribution < -0.4 is 10.1 Å². The topological polar surface area (TPSA) is 56.8 Å². The molecule has 0 aromatic heterocycles. The first kappa shape index (κ1) is 14.3. The normalized spacial score (nSPS) is 19.0. The molecule has 1 unspecified atom stereocenters. The van der Waals surface area contributed by atoms with Gasteiger partial charge in [0.15, 0.2) is 6.10 Å². The van der Waals surface area contributed by atoms with Crippen molar-refractivity contribution >= 4 is 27.5 Å². The summed E-state index contributed by atoms with van der Waals surface area (Å²) < 4.78 is 16.8. The van der Waals surface area contributed by atoms with Gasteiger partial charge in [-0.15, -0.1) is 0 Å². The number of hydrogen-bond acceptors (Lipinski definition) is 4. The molecule has 1 aromatic carbocycles. The van der Waals surface area contributed by atoms with Crippen molar-refractivity contribution in [3.8, 4) is 5.75 Å². The van der Waals surface area contributed by atoms with Gasteiger partial charge in [-0.1, -0.05) is 15.9 Å². The van der Waals surface area contributed by atoms with Crippen LogP contribution in [0.5, 0.6) is 5.75 Å². The fraction of sp³-hybridized carbons (Fsp3) is 0.462. The second kappa shape index (κ2) is 6.36. The summed E-state index contributed by atoms with van der Waals surface area (Å²) in [7, 11) is 1.57. The number of aryl methyl sites for hydroxylation is 1. The quantitative estimate of drug-likeness (QED) is 0.922. The molecule has 1 aromatic rings. The molecule has 1 saturated heterocycles. The number of carbonyl (C=O) groups is 1. The van der Waals surface area contributed by atoms with Crippen LogP contribution in [0.15, 0.2) is 16.6 Å². The Morgan fingerprint density at radius 3 is 2.89 bits per heavy atom. The number of nitrogens with one attached hydrogen (secondary N) is 1. The molecule has 19 heavy (non-hydrogen) atoms. The van der Waals surface area contributed by atoms with E-state index < -0.39 is 6.10 Å². The van der Waals surface area contributed by atoms with Crippen LogP contribution in [-0.4, -0.2) is 38.9 Å². The van der Waals surface area contributed by atoms with E-state index in [0.717, 1.165) is 10.0 Å². The van der Waals surface area contributed by atoms with Crippen molar-refractivity contribution in [3.63, 3.8) is 0 Å². The molecule has 0 saturated carbocycles. The smallest absolute Gasteiger partial charge is 0.256 e. The van der Waals surface area contributed by atoms with Crippen LogP contribution in [0, 0.1) is 6.92 Å². The molecule has 1 N–H and O–H groups in total. The van der Waals surface area contributed by atoms with Crippen LogP contribution in [0.3, 0.4) is 0 Å². The molecule has 1 heterocycles. The van der Waals surface area contributed by atoms with Crippen molar-refractivity contribution in [2.75, 3.05) is 32.2 Å². The average molecular weight is 330 g/mol. The van der Waals surface area contributed by atoms with Crippen LogP contribution in [0.2, 0.25) is 0 Å². The van der Waals surface area contributed by atoms with E-state index in [1.165, 1.54) is 0 Å². The van der Waals surface area contributed by atoms with Gasteiger partial charge in [0.1, 0.15) is 5.75 Å². The lowest BCUT2D eigenvalue weighted by atomic mass is 10.1. The Kier molecular flexibility index (Phi) is 4.79. The first-order valence-corrected chi connectivity index (χ1v) is 6.75. The first-order valence-electron chi connectivity index (χ1n) is 5.96. The number of anilines is 1. The van der Waals surface area contributed by atoms with Gasteiger partial charge in [0.25, 0.3) is 5.91 Å². The summed E-state index contributed by atoms with van der Waals surface area (Å²) in [6, 6.07) is 3.72. The SMILES string of the molecule is COc1cc(Br)cc(C)c1NC(=O)C1COCCO1. The summed E-state index contributed by atoms with van der Waals surface area (Å²) in [6.45, 7) is 3.16. The van der Waals surface area contributed by atoms with E-state index in [1.54, 1.807) is 13.2 Å². The van der Waals surface area contributed by atoms with E-state index in [4.69, 9.17) is 14.2 Å². The summed E-state index contributed by atoms with van der Waals surface area (Å²) in [5, 5.41) is 2.84. The third-order valence-electron chi connectivity index (χ3n) is 2.84. The molecule has 0 radical (unpaired) electrons. The van der Waals surface area contributed by atoms with Crippen molar-refractivity contribution < 1.29 is 19.0 Å². The number of hydrogen-bond donors (Lipinski definition) is 1. The fourth-order valence-corrected chi connectivity index (χ4v) is 2.43. The number of benzene rings is 1. The van der Waals surface area contributed by atoms with Gasteiger partial charge < -0.3 is 19.5 Å². The summed E-state index contributed by atoms with van der Waals surface area (Å²) >= 11 is 3.39. The zero-order valence-corrected chi connectivity index (χ0v) is 12.5. The molecule has 2 rings (SSSR count). The van der Waals surface area contributed by atoms with Crippen LogP contribution in [-0.2, 0) is 14.3 Å². The monoisotopic (exact) mass is 329 g/mol. The molecule has 1 aliphatic heterocycles. The summed E-state index contributed by atoms with van der Waals surface area (Å²) in [5.41, 5.74) is 1.57. The molecule has 1 atom stereocenters. The number of halogens is 1. The zero-order valence-electron chi connectivity index (χ0n) is 10.9. The van der Waals surface area contributed by atoms with E-state index in [-0.39, 0.29) is 12.5 Å². The molecule has 0 spiro atoms. The molecule has 104 valence electrons. The summed E-state index contributed by atoms with van der Waals surface area (Å²) in [6.07, 6.45) is -0.568. The van der Waals surface area contributed by atoms with Gasteiger partial charge in [-0.2, -0.15) is 0 Å². The number of rotatable bonds is 3.